The molecule has 1 aromatic heterocycles. The lowest BCUT2D eigenvalue weighted by atomic mass is 10.1. The quantitative estimate of drug-likeness (QED) is 0.804. The van der Waals surface area contributed by atoms with Crippen LogP contribution in [0.5, 0.6) is 0 Å². The van der Waals surface area contributed by atoms with Crippen molar-refractivity contribution in [2.24, 2.45) is 5.73 Å². The van der Waals surface area contributed by atoms with Gasteiger partial charge >= 0.3 is 5.97 Å². The average molecular weight is 389 g/mol. The number of halogens is 1. The Morgan fingerprint density at radius 1 is 1.44 bits per heavy atom. The molecule has 0 bridgehead atoms. The van der Waals surface area contributed by atoms with Crippen molar-refractivity contribution in [1.29, 1.82) is 0 Å². The minimum Gasteiger partial charge on any atom is -0.460 e. The van der Waals surface area contributed by atoms with Crippen molar-refractivity contribution >= 4 is 39.4 Å². The maximum Gasteiger partial charge on any atom is 0.374 e. The Kier molecular flexibility index (Phi) is 5.78. The van der Waals surface area contributed by atoms with E-state index in [1.54, 1.807) is 19.9 Å². The van der Waals surface area contributed by atoms with E-state index < -0.39 is 16.0 Å². The van der Waals surface area contributed by atoms with Gasteiger partial charge in [-0.1, -0.05) is 0 Å². The van der Waals surface area contributed by atoms with Gasteiger partial charge in [0.2, 0.25) is 15.8 Å². The molecular weight excluding hydrogens is 368 g/mol. The van der Waals surface area contributed by atoms with Gasteiger partial charge in [0.15, 0.2) is 0 Å². The Bertz CT molecular complexity index is 893. The maximum absolute atomic E-state index is 12.7. The average Bonchev–Trinajstić information content (AvgIpc) is 3.12. The van der Waals surface area contributed by atoms with Crippen molar-refractivity contribution in [2.75, 3.05) is 19.7 Å². The molecule has 9 heteroatoms. The van der Waals surface area contributed by atoms with E-state index in [0.29, 0.717) is 36.0 Å². The predicted octanol–water partition coefficient (Wildman–Crippen LogP) is 2.06. The number of rotatable bonds is 4. The zero-order chi connectivity index (χ0) is 17.5. The number of fused-ring (bicyclic) bond motifs is 1. The number of ether oxygens (including phenoxy) is 1. The van der Waals surface area contributed by atoms with Gasteiger partial charge in [-0.3, -0.25) is 0 Å². The summed E-state index contributed by atoms with van der Waals surface area (Å²) in [5, 5.41) is 0.586. The fourth-order valence-corrected chi connectivity index (χ4v) is 4.41. The third-order valence-electron chi connectivity index (χ3n) is 4.19. The molecule has 1 saturated heterocycles. The van der Waals surface area contributed by atoms with Gasteiger partial charge in [0.05, 0.1) is 11.5 Å². The van der Waals surface area contributed by atoms with Crippen molar-refractivity contribution in [3.8, 4) is 0 Å². The van der Waals surface area contributed by atoms with Gasteiger partial charge in [0.25, 0.3) is 0 Å². The number of carbonyl (C=O) groups is 1. The summed E-state index contributed by atoms with van der Waals surface area (Å²) in [4.78, 5) is 12.1. The summed E-state index contributed by atoms with van der Waals surface area (Å²) in [5.41, 5.74) is 6.83. The first-order valence-electron chi connectivity index (χ1n) is 7.80. The number of aryl methyl sites for hydroxylation is 1. The number of hydrogen-bond donors (Lipinski definition) is 1. The number of nitrogens with two attached hydrogens (primary N) is 1. The fraction of sp³-hybridized carbons (Fsp3) is 0.438. The lowest BCUT2D eigenvalue weighted by Gasteiger charge is -2.15. The molecule has 0 aliphatic carbocycles. The summed E-state index contributed by atoms with van der Waals surface area (Å²) in [6, 6.07) is 4.46. The molecule has 0 spiro atoms. The summed E-state index contributed by atoms with van der Waals surface area (Å²) in [6.07, 6.45) is 0.652. The molecule has 2 N–H and O–H groups in total. The first-order valence-corrected chi connectivity index (χ1v) is 9.24. The van der Waals surface area contributed by atoms with E-state index in [-0.39, 0.29) is 35.7 Å². The molecule has 2 heterocycles. The number of nitrogens with zero attached hydrogens (tertiary/aromatic N) is 1. The van der Waals surface area contributed by atoms with Gasteiger partial charge in [-0.15, -0.1) is 12.4 Å². The van der Waals surface area contributed by atoms with Gasteiger partial charge in [-0.25, -0.2) is 13.2 Å². The Morgan fingerprint density at radius 3 is 2.76 bits per heavy atom. The Morgan fingerprint density at radius 2 is 2.16 bits per heavy atom. The van der Waals surface area contributed by atoms with Crippen LogP contribution in [0.4, 0.5) is 0 Å². The molecule has 0 unspecified atom stereocenters. The second kappa shape index (κ2) is 7.33. The van der Waals surface area contributed by atoms with Gasteiger partial charge in [0.1, 0.15) is 5.58 Å². The summed E-state index contributed by atoms with van der Waals surface area (Å²) in [6.45, 7) is 4.39. The number of benzene rings is 1. The van der Waals surface area contributed by atoms with Gasteiger partial charge in [-0.2, -0.15) is 4.31 Å². The molecule has 1 aliphatic heterocycles. The minimum atomic E-state index is -3.61. The highest BCUT2D eigenvalue weighted by molar-refractivity contribution is 7.89. The molecule has 7 nitrogen and oxygen atoms in total. The maximum atomic E-state index is 12.7. The molecule has 1 fully saturated rings. The van der Waals surface area contributed by atoms with E-state index in [1.165, 1.54) is 16.4 Å². The Labute approximate surface area is 152 Å². The van der Waals surface area contributed by atoms with Gasteiger partial charge in [-0.05, 0) is 38.5 Å². The number of hydrogen-bond acceptors (Lipinski definition) is 6. The first kappa shape index (κ1) is 19.7. The van der Waals surface area contributed by atoms with Crippen LogP contribution in [-0.4, -0.2) is 44.4 Å². The van der Waals surface area contributed by atoms with E-state index in [1.807, 2.05) is 0 Å². The van der Waals surface area contributed by atoms with E-state index in [9.17, 15) is 13.2 Å². The van der Waals surface area contributed by atoms with Crippen molar-refractivity contribution in [2.45, 2.75) is 31.2 Å². The molecular formula is C16H21ClN2O5S. The van der Waals surface area contributed by atoms with E-state index >= 15 is 0 Å². The van der Waals surface area contributed by atoms with Crippen LogP contribution in [0.3, 0.4) is 0 Å². The van der Waals surface area contributed by atoms with Crippen LogP contribution in [0.25, 0.3) is 11.0 Å². The third-order valence-corrected chi connectivity index (χ3v) is 6.05. The van der Waals surface area contributed by atoms with Crippen LogP contribution < -0.4 is 5.73 Å². The van der Waals surface area contributed by atoms with Crippen LogP contribution in [0.2, 0.25) is 0 Å². The second-order valence-electron chi connectivity index (χ2n) is 5.85. The topological polar surface area (TPSA) is 103 Å². The number of esters is 1. The molecule has 2 aromatic rings. The largest absolute Gasteiger partial charge is 0.460 e. The molecule has 138 valence electrons. The van der Waals surface area contributed by atoms with Gasteiger partial charge in [0, 0.05) is 30.1 Å². The zero-order valence-corrected chi connectivity index (χ0v) is 15.7. The first-order chi connectivity index (χ1) is 11.3. The zero-order valence-electron chi connectivity index (χ0n) is 14.0. The molecule has 0 radical (unpaired) electrons. The van der Waals surface area contributed by atoms with Crippen LogP contribution >= 0.6 is 12.4 Å². The number of sulfonamides is 1. The summed E-state index contributed by atoms with van der Waals surface area (Å²) >= 11 is 0. The smallest absolute Gasteiger partial charge is 0.374 e. The lowest BCUT2D eigenvalue weighted by Crippen LogP contribution is -2.31. The SMILES string of the molecule is CCOC(=O)c1oc2ccc(S(=O)(=O)N3CC[C@@H](N)C3)cc2c1C.Cl. The highest BCUT2D eigenvalue weighted by Gasteiger charge is 2.31. The van der Waals surface area contributed by atoms with Crippen molar-refractivity contribution in [1.82, 2.24) is 4.31 Å². The van der Waals surface area contributed by atoms with Crippen molar-refractivity contribution in [3.05, 3.63) is 29.5 Å². The van der Waals surface area contributed by atoms with Crippen LogP contribution in [0, 0.1) is 6.92 Å². The van der Waals surface area contributed by atoms with E-state index in [0.717, 1.165) is 0 Å². The molecule has 1 aliphatic rings. The van der Waals surface area contributed by atoms with Crippen LogP contribution in [0.1, 0.15) is 29.5 Å². The highest BCUT2D eigenvalue weighted by Crippen LogP contribution is 2.30. The summed E-state index contributed by atoms with van der Waals surface area (Å²) < 4.78 is 37.3. The standard InChI is InChI=1S/C16H20N2O5S.ClH/c1-3-22-16(19)15-10(2)13-8-12(4-5-14(13)23-15)24(20,21)18-7-6-11(17)9-18;/h4-5,8,11H,3,6-7,9,17H2,1-2H3;1H/t11-;/m1./s1. The Hall–Kier alpha value is -1.61. The Balaban J connectivity index is 0.00000225. The van der Waals surface area contributed by atoms with Crippen molar-refractivity contribution in [3.63, 3.8) is 0 Å². The monoisotopic (exact) mass is 388 g/mol. The number of carbonyl (C=O) groups excluding carboxylic acids is 1. The molecule has 1 atom stereocenters. The van der Waals surface area contributed by atoms with Crippen LogP contribution in [-0.2, 0) is 14.8 Å². The van der Waals surface area contributed by atoms with Crippen molar-refractivity contribution < 1.29 is 22.4 Å². The normalized spacial score (nSPS) is 18.3. The van der Waals surface area contributed by atoms with E-state index in [4.69, 9.17) is 14.9 Å². The number of furan rings is 1. The molecule has 0 amide bonds. The highest BCUT2D eigenvalue weighted by atomic mass is 35.5. The summed E-state index contributed by atoms with van der Waals surface area (Å²) in [7, 11) is -3.61. The molecule has 0 saturated carbocycles. The van der Waals surface area contributed by atoms with Gasteiger partial charge < -0.3 is 14.9 Å². The lowest BCUT2D eigenvalue weighted by molar-refractivity contribution is 0.0491. The minimum absolute atomic E-state index is 0. The summed E-state index contributed by atoms with van der Waals surface area (Å²) in [5.74, 6) is -0.453. The molecule has 25 heavy (non-hydrogen) atoms. The fourth-order valence-electron chi connectivity index (χ4n) is 2.87. The molecule has 3 rings (SSSR count). The molecule has 1 aromatic carbocycles. The van der Waals surface area contributed by atoms with E-state index in [2.05, 4.69) is 0 Å². The van der Waals surface area contributed by atoms with Crippen LogP contribution in [0.15, 0.2) is 27.5 Å². The predicted molar refractivity (Wildman–Crippen MR) is 95.5 cm³/mol. The third kappa shape index (κ3) is 3.52. The second-order valence-corrected chi connectivity index (χ2v) is 7.78.